The average molecular weight is 566 g/mol. The molecule has 1 saturated heterocycles. The van der Waals surface area contributed by atoms with Gasteiger partial charge in [0, 0.05) is 38.4 Å². The Balaban J connectivity index is 1.24. The van der Waals surface area contributed by atoms with Crippen LogP contribution < -0.4 is 13.8 Å². The quantitative estimate of drug-likeness (QED) is 0.348. The van der Waals surface area contributed by atoms with Crippen molar-refractivity contribution in [3.63, 3.8) is 0 Å². The van der Waals surface area contributed by atoms with Crippen LogP contribution in [0.25, 0.3) is 5.69 Å². The van der Waals surface area contributed by atoms with Gasteiger partial charge in [0.15, 0.2) is 5.82 Å². The van der Waals surface area contributed by atoms with E-state index >= 15 is 4.39 Å². The molecule has 2 aromatic carbocycles. The topological polar surface area (TPSA) is 115 Å². The summed E-state index contributed by atoms with van der Waals surface area (Å²) < 4.78 is 53.7. The number of rotatable bonds is 8. The van der Waals surface area contributed by atoms with E-state index in [9.17, 15) is 13.2 Å². The van der Waals surface area contributed by atoms with Crippen molar-refractivity contribution in [3.05, 3.63) is 89.3 Å². The molecular weight excluding hydrogens is 537 g/mol. The Morgan fingerprint density at radius 1 is 1.07 bits per heavy atom. The molecule has 2 aromatic heterocycles. The molecule has 0 atom stereocenters. The minimum absolute atomic E-state index is 0.0939. The molecule has 13 heteroatoms. The van der Waals surface area contributed by atoms with Crippen LogP contribution in [-0.2, 0) is 48.0 Å². The van der Waals surface area contributed by atoms with Crippen LogP contribution in [0.4, 0.5) is 10.1 Å². The summed E-state index contributed by atoms with van der Waals surface area (Å²) in [6.07, 6.45) is 8.66. The van der Waals surface area contributed by atoms with Gasteiger partial charge < -0.3 is 4.74 Å². The lowest BCUT2D eigenvalue weighted by atomic mass is 9.97. The van der Waals surface area contributed by atoms with Crippen molar-refractivity contribution in [1.82, 2.24) is 29.2 Å². The van der Waals surface area contributed by atoms with Gasteiger partial charge in [-0.2, -0.15) is 18.6 Å². The predicted molar refractivity (Wildman–Crippen MR) is 145 cm³/mol. The highest BCUT2D eigenvalue weighted by atomic mass is 32.2. The molecule has 0 saturated carbocycles. The fourth-order valence-electron chi connectivity index (χ4n) is 5.04. The van der Waals surface area contributed by atoms with Gasteiger partial charge in [-0.15, -0.1) is 0 Å². The Hall–Kier alpha value is -4.23. The smallest absolute Gasteiger partial charge is 0.326 e. The highest BCUT2D eigenvalue weighted by Gasteiger charge is 2.39. The summed E-state index contributed by atoms with van der Waals surface area (Å²) in [5, 5.41) is 8.59. The number of aromatic nitrogens is 4. The summed E-state index contributed by atoms with van der Waals surface area (Å²) in [4.78, 5) is 14.1. The molecule has 0 aliphatic carbocycles. The zero-order valence-corrected chi connectivity index (χ0v) is 22.6. The average Bonchev–Trinajstić information content (AvgIpc) is 3.65. The fraction of sp³-hybridized carbons (Fsp3) is 0.296. The second-order valence-electron chi connectivity index (χ2n) is 9.93. The maximum absolute atomic E-state index is 16.2. The Morgan fingerprint density at radius 3 is 2.62 bits per heavy atom. The van der Waals surface area contributed by atoms with Crippen molar-refractivity contribution < 1.29 is 22.3 Å². The van der Waals surface area contributed by atoms with Gasteiger partial charge in [-0.25, -0.2) is 18.1 Å². The summed E-state index contributed by atoms with van der Waals surface area (Å²) in [5.74, 6) is -1.31. The molecule has 0 spiro atoms. The predicted octanol–water partition coefficient (Wildman–Crippen LogP) is 2.11. The van der Waals surface area contributed by atoms with Gasteiger partial charge in [-0.1, -0.05) is 30.3 Å². The van der Waals surface area contributed by atoms with Crippen molar-refractivity contribution in [1.29, 1.82) is 0 Å². The van der Waals surface area contributed by atoms with E-state index in [1.165, 1.54) is 0 Å². The van der Waals surface area contributed by atoms with Crippen LogP contribution in [0.3, 0.4) is 0 Å². The van der Waals surface area contributed by atoms with Gasteiger partial charge in [0.05, 0.1) is 18.6 Å². The number of carbonyl (C=O) groups excluding carboxylic acids is 1. The second kappa shape index (κ2) is 10.4. The number of benzene rings is 2. The number of ether oxygens (including phenoxy) is 1. The molecule has 1 N–H and O–H groups in total. The van der Waals surface area contributed by atoms with Gasteiger partial charge in [0.25, 0.3) is 5.91 Å². The summed E-state index contributed by atoms with van der Waals surface area (Å²) in [5.41, 5.74) is 3.68. The highest BCUT2D eigenvalue weighted by molar-refractivity contribution is 7.92. The van der Waals surface area contributed by atoms with Crippen LogP contribution >= 0.6 is 0 Å². The Bertz CT molecular complexity index is 1670. The van der Waals surface area contributed by atoms with Crippen molar-refractivity contribution >= 4 is 21.8 Å². The van der Waals surface area contributed by atoms with Crippen molar-refractivity contribution in [2.24, 2.45) is 7.05 Å². The molecule has 11 nitrogen and oxygen atoms in total. The summed E-state index contributed by atoms with van der Waals surface area (Å²) in [6.45, 7) is 1.30. The Labute approximate surface area is 230 Å². The number of hydrogen-bond donors (Lipinski definition) is 1. The van der Waals surface area contributed by atoms with E-state index in [0.29, 0.717) is 38.0 Å². The van der Waals surface area contributed by atoms with Crippen LogP contribution in [-0.4, -0.2) is 58.4 Å². The standard InChI is InChI=1S/C27H28FN7O4S/c1-32-15-22(13-29-32)34-14-20(12-30-34)7-9-33-10-8-21-11-24(39-18-19-5-3-2-4-6-19)27(26(28)23(21)16-33)35-17-25(36)31-40(35,37)38/h2-6,11-15H,7-10,16-18H2,1H3,(H,31,36). The lowest BCUT2D eigenvalue weighted by Gasteiger charge is -2.31. The molecule has 1 amide bonds. The number of halogens is 1. The van der Waals surface area contributed by atoms with Crippen LogP contribution in [0.2, 0.25) is 0 Å². The third kappa shape index (κ3) is 5.17. The number of nitrogens with zero attached hydrogens (tertiary/aromatic N) is 6. The molecule has 0 unspecified atom stereocenters. The molecule has 6 rings (SSSR count). The van der Waals surface area contributed by atoms with Crippen LogP contribution in [0.15, 0.2) is 61.2 Å². The Kier molecular flexibility index (Phi) is 6.76. The van der Waals surface area contributed by atoms with Gasteiger partial charge in [-0.05, 0) is 35.6 Å². The fourth-order valence-corrected chi connectivity index (χ4v) is 6.20. The first-order valence-electron chi connectivity index (χ1n) is 12.9. The first kappa shape index (κ1) is 26.0. The lowest BCUT2D eigenvalue weighted by Crippen LogP contribution is -2.35. The van der Waals surface area contributed by atoms with Crippen LogP contribution in [0.1, 0.15) is 22.3 Å². The molecule has 0 radical (unpaired) electrons. The molecule has 1 fully saturated rings. The maximum Gasteiger partial charge on any atom is 0.326 e. The number of anilines is 1. The molecule has 40 heavy (non-hydrogen) atoms. The van der Waals surface area contributed by atoms with E-state index in [1.54, 1.807) is 21.6 Å². The normalized spacial score (nSPS) is 16.6. The van der Waals surface area contributed by atoms with E-state index in [-0.39, 0.29) is 18.0 Å². The largest absolute Gasteiger partial charge is 0.487 e. The minimum Gasteiger partial charge on any atom is -0.487 e. The third-order valence-corrected chi connectivity index (χ3v) is 8.47. The van der Waals surface area contributed by atoms with Gasteiger partial charge in [-0.3, -0.25) is 14.4 Å². The van der Waals surface area contributed by atoms with E-state index in [4.69, 9.17) is 4.74 Å². The minimum atomic E-state index is -4.24. The maximum atomic E-state index is 16.2. The van der Waals surface area contributed by atoms with E-state index in [0.717, 1.165) is 26.7 Å². The molecule has 208 valence electrons. The first-order chi connectivity index (χ1) is 19.3. The molecule has 4 aromatic rings. The number of amides is 1. The summed E-state index contributed by atoms with van der Waals surface area (Å²) in [6, 6.07) is 11.0. The van der Waals surface area contributed by atoms with Crippen molar-refractivity contribution in [2.45, 2.75) is 26.0 Å². The van der Waals surface area contributed by atoms with E-state index in [1.807, 2.05) is 60.7 Å². The van der Waals surface area contributed by atoms with Crippen LogP contribution in [0, 0.1) is 5.82 Å². The molecule has 4 heterocycles. The number of fused-ring (bicyclic) bond motifs is 1. The van der Waals surface area contributed by atoms with Gasteiger partial charge in [0.1, 0.15) is 30.3 Å². The van der Waals surface area contributed by atoms with Crippen LogP contribution in [0.5, 0.6) is 5.75 Å². The number of nitrogens with one attached hydrogen (secondary N) is 1. The number of carbonyl (C=O) groups is 1. The molecule has 2 aliphatic rings. The zero-order valence-electron chi connectivity index (χ0n) is 21.8. The molecule has 2 aliphatic heterocycles. The number of hydrogen-bond acceptors (Lipinski definition) is 7. The van der Waals surface area contributed by atoms with Crippen molar-refractivity contribution in [2.75, 3.05) is 23.9 Å². The van der Waals surface area contributed by atoms with Crippen molar-refractivity contribution in [3.8, 4) is 11.4 Å². The van der Waals surface area contributed by atoms with Gasteiger partial charge >= 0.3 is 10.2 Å². The summed E-state index contributed by atoms with van der Waals surface area (Å²) in [7, 11) is -2.39. The molecular formula is C27H28FN7O4S. The highest BCUT2D eigenvalue weighted by Crippen LogP contribution is 2.40. The zero-order chi connectivity index (χ0) is 27.9. The number of aryl methyl sites for hydroxylation is 1. The SMILES string of the molecule is Cn1cc(-n2cc(CCN3CCc4cc(OCc5ccccc5)c(N5CC(=O)NS5(=O)=O)c(F)c4C3)cn2)cn1. The van der Waals surface area contributed by atoms with E-state index < -0.39 is 28.5 Å². The monoisotopic (exact) mass is 565 g/mol. The first-order valence-corrected chi connectivity index (χ1v) is 14.3. The molecule has 0 bridgehead atoms. The summed E-state index contributed by atoms with van der Waals surface area (Å²) >= 11 is 0. The third-order valence-electron chi connectivity index (χ3n) is 7.09. The van der Waals surface area contributed by atoms with Gasteiger partial charge in [0.2, 0.25) is 0 Å². The van der Waals surface area contributed by atoms with E-state index in [2.05, 4.69) is 15.1 Å². The Morgan fingerprint density at radius 2 is 1.90 bits per heavy atom. The second-order valence-corrected chi connectivity index (χ2v) is 11.5. The lowest BCUT2D eigenvalue weighted by molar-refractivity contribution is -0.117.